The Bertz CT molecular complexity index is 167. The Hall–Kier alpha value is -0.0800. The van der Waals surface area contributed by atoms with Gasteiger partial charge in [-0.05, 0) is 32.2 Å². The van der Waals surface area contributed by atoms with Gasteiger partial charge in [0.2, 0.25) is 0 Å². The van der Waals surface area contributed by atoms with E-state index in [4.69, 9.17) is 4.74 Å². The molecule has 0 bridgehead atoms. The predicted octanol–water partition coefficient (Wildman–Crippen LogP) is 2.97. The van der Waals surface area contributed by atoms with Crippen molar-refractivity contribution < 1.29 is 4.74 Å². The van der Waals surface area contributed by atoms with Crippen molar-refractivity contribution >= 4 is 0 Å². The lowest BCUT2D eigenvalue weighted by atomic mass is 9.61. The molecule has 1 aliphatic carbocycles. The molecule has 15 heavy (non-hydrogen) atoms. The summed E-state index contributed by atoms with van der Waals surface area (Å²) in [5.41, 5.74) is 0.365. The fraction of sp³-hybridized carbons (Fsp3) is 1.00. The third-order valence-electron chi connectivity index (χ3n) is 3.91. The number of rotatable bonds is 7. The van der Waals surface area contributed by atoms with Crippen molar-refractivity contribution in [3.8, 4) is 0 Å². The van der Waals surface area contributed by atoms with Crippen LogP contribution in [0.3, 0.4) is 0 Å². The zero-order chi connectivity index (χ0) is 11.3. The highest BCUT2D eigenvalue weighted by molar-refractivity contribution is 5.04. The van der Waals surface area contributed by atoms with Gasteiger partial charge in [-0.2, -0.15) is 0 Å². The van der Waals surface area contributed by atoms with Crippen molar-refractivity contribution in [1.82, 2.24) is 5.32 Å². The van der Waals surface area contributed by atoms with Crippen LogP contribution in [0, 0.1) is 5.41 Å². The van der Waals surface area contributed by atoms with Crippen LogP contribution in [0.25, 0.3) is 0 Å². The van der Waals surface area contributed by atoms with E-state index >= 15 is 0 Å². The van der Waals surface area contributed by atoms with Crippen LogP contribution in [-0.2, 0) is 4.74 Å². The normalized spacial score (nSPS) is 35.2. The predicted molar refractivity (Wildman–Crippen MR) is 65.1 cm³/mol. The highest BCUT2D eigenvalue weighted by Gasteiger charge is 2.50. The number of ether oxygens (including phenoxy) is 1. The first-order valence-corrected chi connectivity index (χ1v) is 6.54. The summed E-state index contributed by atoms with van der Waals surface area (Å²) in [6.07, 6.45) is 5.24. The zero-order valence-corrected chi connectivity index (χ0v) is 10.8. The van der Waals surface area contributed by atoms with Crippen molar-refractivity contribution in [2.75, 3.05) is 13.2 Å². The highest BCUT2D eigenvalue weighted by atomic mass is 16.5. The van der Waals surface area contributed by atoms with Crippen LogP contribution >= 0.6 is 0 Å². The van der Waals surface area contributed by atoms with Crippen LogP contribution in [0.15, 0.2) is 0 Å². The van der Waals surface area contributed by atoms with Crippen LogP contribution in [0.2, 0.25) is 0 Å². The first-order chi connectivity index (χ1) is 7.19. The second-order valence-electron chi connectivity index (χ2n) is 4.96. The number of hydrogen-bond donors (Lipinski definition) is 1. The van der Waals surface area contributed by atoms with E-state index in [1.165, 1.54) is 19.3 Å². The van der Waals surface area contributed by atoms with Crippen LogP contribution < -0.4 is 5.32 Å². The molecule has 0 heterocycles. The molecule has 0 aliphatic heterocycles. The van der Waals surface area contributed by atoms with Gasteiger partial charge in [0.15, 0.2) is 0 Å². The quantitative estimate of drug-likeness (QED) is 0.702. The van der Waals surface area contributed by atoms with E-state index in [0.29, 0.717) is 17.6 Å². The van der Waals surface area contributed by atoms with E-state index in [1.807, 2.05) is 0 Å². The Morgan fingerprint density at radius 1 is 1.27 bits per heavy atom. The van der Waals surface area contributed by atoms with Crippen LogP contribution in [-0.4, -0.2) is 25.3 Å². The van der Waals surface area contributed by atoms with Crippen molar-refractivity contribution in [3.05, 3.63) is 0 Å². The van der Waals surface area contributed by atoms with Crippen LogP contribution in [0.4, 0.5) is 0 Å². The zero-order valence-electron chi connectivity index (χ0n) is 10.8. The molecule has 0 aromatic carbocycles. The van der Waals surface area contributed by atoms with Crippen LogP contribution in [0.1, 0.15) is 53.4 Å². The molecule has 2 nitrogen and oxygen atoms in total. The van der Waals surface area contributed by atoms with Gasteiger partial charge in [0.1, 0.15) is 0 Å². The summed E-state index contributed by atoms with van der Waals surface area (Å²) in [5.74, 6) is 0. The molecular weight excluding hydrogens is 186 g/mol. The molecule has 90 valence electrons. The number of nitrogens with one attached hydrogen (secondary N) is 1. The third kappa shape index (κ3) is 2.73. The van der Waals surface area contributed by atoms with Crippen molar-refractivity contribution in [2.24, 2.45) is 5.41 Å². The fourth-order valence-corrected chi connectivity index (χ4v) is 2.44. The molecule has 3 atom stereocenters. The minimum atomic E-state index is 0.365. The summed E-state index contributed by atoms with van der Waals surface area (Å²) >= 11 is 0. The second-order valence-corrected chi connectivity index (χ2v) is 4.96. The Morgan fingerprint density at radius 2 is 2.00 bits per heavy atom. The van der Waals surface area contributed by atoms with Gasteiger partial charge in [0, 0.05) is 18.1 Å². The second kappa shape index (κ2) is 5.86. The lowest BCUT2D eigenvalue weighted by Crippen LogP contribution is -2.62. The summed E-state index contributed by atoms with van der Waals surface area (Å²) in [5, 5.41) is 3.64. The Kier molecular flexibility index (Phi) is 5.07. The topological polar surface area (TPSA) is 21.3 Å². The Morgan fingerprint density at radius 3 is 2.53 bits per heavy atom. The van der Waals surface area contributed by atoms with Gasteiger partial charge in [0.25, 0.3) is 0 Å². The molecule has 0 spiro atoms. The molecule has 0 aromatic rings. The maximum absolute atomic E-state index is 5.90. The first kappa shape index (κ1) is 13.0. The van der Waals surface area contributed by atoms with E-state index in [0.717, 1.165) is 19.6 Å². The summed E-state index contributed by atoms with van der Waals surface area (Å²) in [6.45, 7) is 11.1. The summed E-state index contributed by atoms with van der Waals surface area (Å²) in [6, 6.07) is 0.671. The molecule has 1 aliphatic rings. The molecule has 0 amide bonds. The van der Waals surface area contributed by atoms with Gasteiger partial charge in [-0.15, -0.1) is 0 Å². The van der Waals surface area contributed by atoms with Crippen LogP contribution in [0.5, 0.6) is 0 Å². The fourth-order valence-electron chi connectivity index (χ4n) is 2.44. The average Bonchev–Trinajstić information content (AvgIpc) is 2.26. The smallest absolute Gasteiger partial charge is 0.0658 e. The summed E-state index contributed by atoms with van der Waals surface area (Å²) in [4.78, 5) is 0. The standard InChI is InChI=1S/C13H27NO/c1-5-8-14-11-10-12(15-9-6-2)13(11,4)7-3/h11-12,14H,5-10H2,1-4H3. The minimum absolute atomic E-state index is 0.365. The van der Waals surface area contributed by atoms with Gasteiger partial charge in [0.05, 0.1) is 6.10 Å². The molecule has 1 saturated carbocycles. The molecule has 0 aromatic heterocycles. The van der Waals surface area contributed by atoms with E-state index in [1.54, 1.807) is 0 Å². The van der Waals surface area contributed by atoms with E-state index in [2.05, 4.69) is 33.0 Å². The molecule has 1 N–H and O–H groups in total. The van der Waals surface area contributed by atoms with Crippen molar-refractivity contribution in [2.45, 2.75) is 65.5 Å². The third-order valence-corrected chi connectivity index (χ3v) is 3.91. The van der Waals surface area contributed by atoms with E-state index < -0.39 is 0 Å². The first-order valence-electron chi connectivity index (χ1n) is 6.54. The Balaban J connectivity index is 2.38. The van der Waals surface area contributed by atoms with Gasteiger partial charge in [-0.3, -0.25) is 0 Å². The van der Waals surface area contributed by atoms with E-state index in [9.17, 15) is 0 Å². The number of hydrogen-bond acceptors (Lipinski definition) is 2. The maximum atomic E-state index is 5.90. The monoisotopic (exact) mass is 213 g/mol. The molecule has 1 fully saturated rings. The molecular formula is C13H27NO. The Labute approximate surface area is 94.8 Å². The summed E-state index contributed by atoms with van der Waals surface area (Å²) in [7, 11) is 0. The molecule has 0 radical (unpaired) electrons. The lowest BCUT2D eigenvalue weighted by molar-refractivity contribution is -0.128. The van der Waals surface area contributed by atoms with Crippen molar-refractivity contribution in [1.29, 1.82) is 0 Å². The van der Waals surface area contributed by atoms with Gasteiger partial charge in [-0.1, -0.05) is 27.7 Å². The van der Waals surface area contributed by atoms with E-state index in [-0.39, 0.29) is 0 Å². The minimum Gasteiger partial charge on any atom is -0.378 e. The van der Waals surface area contributed by atoms with Gasteiger partial charge in [-0.25, -0.2) is 0 Å². The lowest BCUT2D eigenvalue weighted by Gasteiger charge is -2.54. The SMILES string of the molecule is CCCNC1CC(OCCC)C1(C)CC. The molecule has 0 saturated heterocycles. The molecule has 1 rings (SSSR count). The maximum Gasteiger partial charge on any atom is 0.0658 e. The highest BCUT2D eigenvalue weighted by Crippen LogP contribution is 2.45. The molecule has 3 unspecified atom stereocenters. The van der Waals surface area contributed by atoms with Gasteiger partial charge >= 0.3 is 0 Å². The average molecular weight is 213 g/mol. The largest absolute Gasteiger partial charge is 0.378 e. The summed E-state index contributed by atoms with van der Waals surface area (Å²) < 4.78 is 5.90. The molecule has 2 heteroatoms. The van der Waals surface area contributed by atoms with Crippen molar-refractivity contribution in [3.63, 3.8) is 0 Å². The van der Waals surface area contributed by atoms with Gasteiger partial charge < -0.3 is 10.1 Å².